The molecule has 2 atom stereocenters. The molecular weight excluding hydrogens is 290 g/mol. The first-order valence-corrected chi connectivity index (χ1v) is 9.61. The van der Waals surface area contributed by atoms with Crippen LogP contribution in [0.5, 0.6) is 0 Å². The van der Waals surface area contributed by atoms with Crippen LogP contribution in [0.3, 0.4) is 0 Å². The maximum Gasteiger partial charge on any atom is 0.310 e. The Morgan fingerprint density at radius 1 is 1.10 bits per heavy atom. The maximum absolute atomic E-state index is 13.0. The van der Waals surface area contributed by atoms with Crippen molar-refractivity contribution in [3.05, 3.63) is 0 Å². The summed E-state index contributed by atoms with van der Waals surface area (Å²) >= 11 is 0. The zero-order valence-corrected chi connectivity index (χ0v) is 13.9. The fourth-order valence-electron chi connectivity index (χ4n) is 3.89. The number of carbonyl (C=O) groups is 1. The molecule has 0 N–H and O–H groups in total. The summed E-state index contributed by atoms with van der Waals surface area (Å²) in [5.41, 5.74) is 0. The highest BCUT2D eigenvalue weighted by Crippen LogP contribution is 2.36. The molecule has 0 heterocycles. The molecule has 2 rings (SSSR count). The van der Waals surface area contributed by atoms with Crippen LogP contribution < -0.4 is 0 Å². The van der Waals surface area contributed by atoms with Crippen LogP contribution in [0.4, 0.5) is 0 Å². The van der Waals surface area contributed by atoms with E-state index < -0.39 is 21.2 Å². The van der Waals surface area contributed by atoms with Gasteiger partial charge in [-0.3, -0.25) is 4.79 Å². The molecule has 6 heteroatoms. The summed E-state index contributed by atoms with van der Waals surface area (Å²) in [4.78, 5) is 11.9. The summed E-state index contributed by atoms with van der Waals surface area (Å²) in [7, 11) is -2.09. The van der Waals surface area contributed by atoms with Crippen molar-refractivity contribution in [1.29, 1.82) is 0 Å². The van der Waals surface area contributed by atoms with Gasteiger partial charge in [-0.1, -0.05) is 32.6 Å². The number of methoxy groups -OCH3 is 1. The highest BCUT2D eigenvalue weighted by Gasteiger charge is 2.46. The Labute approximate surface area is 128 Å². The second kappa shape index (κ2) is 7.09. The lowest BCUT2D eigenvalue weighted by atomic mass is 9.95. The Morgan fingerprint density at radius 2 is 1.76 bits per heavy atom. The van der Waals surface area contributed by atoms with Crippen LogP contribution in [0.25, 0.3) is 0 Å². The zero-order chi connectivity index (χ0) is 15.5. The van der Waals surface area contributed by atoms with Gasteiger partial charge in [0, 0.05) is 12.6 Å². The second-order valence-corrected chi connectivity index (χ2v) is 8.24. The third kappa shape index (κ3) is 3.42. The van der Waals surface area contributed by atoms with E-state index in [-0.39, 0.29) is 12.0 Å². The average molecular weight is 317 g/mol. The molecule has 2 unspecified atom stereocenters. The SMILES string of the molecule is CCN(C1CCCCC1)S(=O)(=O)C1CCCC1C(=O)OC. The van der Waals surface area contributed by atoms with Gasteiger partial charge in [0.2, 0.25) is 10.0 Å². The molecule has 2 aliphatic rings. The first-order chi connectivity index (χ1) is 10.0. The van der Waals surface area contributed by atoms with Gasteiger partial charge in [-0.05, 0) is 25.7 Å². The van der Waals surface area contributed by atoms with E-state index in [0.29, 0.717) is 19.4 Å². The van der Waals surface area contributed by atoms with Gasteiger partial charge in [0.25, 0.3) is 0 Å². The van der Waals surface area contributed by atoms with Gasteiger partial charge in [-0.25, -0.2) is 8.42 Å². The van der Waals surface area contributed by atoms with Gasteiger partial charge in [-0.15, -0.1) is 0 Å². The molecule has 0 amide bonds. The molecule has 0 saturated heterocycles. The monoisotopic (exact) mass is 317 g/mol. The van der Waals surface area contributed by atoms with Gasteiger partial charge in [0.1, 0.15) is 0 Å². The van der Waals surface area contributed by atoms with Crippen molar-refractivity contribution in [3.63, 3.8) is 0 Å². The van der Waals surface area contributed by atoms with E-state index in [2.05, 4.69) is 0 Å². The number of sulfonamides is 1. The largest absolute Gasteiger partial charge is 0.469 e. The minimum atomic E-state index is -3.42. The van der Waals surface area contributed by atoms with Gasteiger partial charge in [-0.2, -0.15) is 4.31 Å². The number of carbonyl (C=O) groups excluding carboxylic acids is 1. The lowest BCUT2D eigenvalue weighted by Gasteiger charge is -2.35. The number of hydrogen-bond donors (Lipinski definition) is 0. The fourth-order valence-corrected chi connectivity index (χ4v) is 6.35. The first-order valence-electron chi connectivity index (χ1n) is 8.10. The Balaban J connectivity index is 2.19. The molecule has 0 radical (unpaired) electrons. The summed E-state index contributed by atoms with van der Waals surface area (Å²) in [6.07, 6.45) is 7.27. The van der Waals surface area contributed by atoms with E-state index in [0.717, 1.165) is 32.1 Å². The van der Waals surface area contributed by atoms with Crippen LogP contribution in [0.2, 0.25) is 0 Å². The van der Waals surface area contributed by atoms with Gasteiger partial charge >= 0.3 is 5.97 Å². The number of esters is 1. The molecule has 2 saturated carbocycles. The quantitative estimate of drug-likeness (QED) is 0.730. The van der Waals surface area contributed by atoms with Crippen molar-refractivity contribution in [2.45, 2.75) is 69.6 Å². The first kappa shape index (κ1) is 16.7. The number of rotatable bonds is 5. The van der Waals surface area contributed by atoms with Crippen molar-refractivity contribution >= 4 is 16.0 Å². The molecule has 0 bridgehead atoms. The molecule has 0 aliphatic heterocycles. The van der Waals surface area contributed by atoms with Crippen LogP contribution in [-0.2, 0) is 19.6 Å². The van der Waals surface area contributed by atoms with Gasteiger partial charge in [0.05, 0.1) is 18.3 Å². The van der Waals surface area contributed by atoms with Crippen LogP contribution in [-0.4, -0.2) is 43.6 Å². The Hall–Kier alpha value is -0.620. The molecule has 2 fully saturated rings. The normalized spacial score (nSPS) is 28.0. The summed E-state index contributed by atoms with van der Waals surface area (Å²) in [6.45, 7) is 2.39. The predicted molar refractivity (Wildman–Crippen MR) is 81.3 cm³/mol. The maximum atomic E-state index is 13.0. The molecule has 0 spiro atoms. The number of nitrogens with zero attached hydrogens (tertiary/aromatic N) is 1. The van der Waals surface area contributed by atoms with E-state index >= 15 is 0 Å². The Morgan fingerprint density at radius 3 is 2.33 bits per heavy atom. The van der Waals surface area contributed by atoms with E-state index in [9.17, 15) is 13.2 Å². The third-order valence-corrected chi connectivity index (χ3v) is 7.50. The molecule has 5 nitrogen and oxygen atoms in total. The number of ether oxygens (including phenoxy) is 1. The van der Waals surface area contributed by atoms with E-state index in [1.54, 1.807) is 4.31 Å². The molecule has 0 aromatic carbocycles. The molecule has 21 heavy (non-hydrogen) atoms. The highest BCUT2D eigenvalue weighted by atomic mass is 32.2. The summed E-state index contributed by atoms with van der Waals surface area (Å²) in [5, 5.41) is -0.591. The molecule has 2 aliphatic carbocycles. The van der Waals surface area contributed by atoms with Crippen molar-refractivity contribution in [1.82, 2.24) is 4.31 Å². The number of hydrogen-bond acceptors (Lipinski definition) is 4. The molecule has 0 aromatic rings. The minimum Gasteiger partial charge on any atom is -0.469 e. The zero-order valence-electron chi connectivity index (χ0n) is 13.1. The second-order valence-electron chi connectivity index (χ2n) is 6.14. The lowest BCUT2D eigenvalue weighted by molar-refractivity contribution is -0.145. The average Bonchev–Trinajstić information content (AvgIpc) is 2.98. The topological polar surface area (TPSA) is 63.7 Å². The van der Waals surface area contributed by atoms with Gasteiger partial charge in [0.15, 0.2) is 0 Å². The molecular formula is C15H27NO4S. The van der Waals surface area contributed by atoms with Crippen LogP contribution in [0.1, 0.15) is 58.3 Å². The highest BCUT2D eigenvalue weighted by molar-refractivity contribution is 7.89. The smallest absolute Gasteiger partial charge is 0.310 e. The van der Waals surface area contributed by atoms with Crippen molar-refractivity contribution in [2.75, 3.05) is 13.7 Å². The summed E-state index contributed by atoms with van der Waals surface area (Å²) in [5.74, 6) is -0.863. The van der Waals surface area contributed by atoms with Crippen LogP contribution in [0.15, 0.2) is 0 Å². The Bertz CT molecular complexity index is 456. The minimum absolute atomic E-state index is 0.118. The van der Waals surface area contributed by atoms with E-state index in [1.165, 1.54) is 13.5 Å². The van der Waals surface area contributed by atoms with Crippen LogP contribution in [0, 0.1) is 5.92 Å². The van der Waals surface area contributed by atoms with Crippen molar-refractivity contribution in [3.8, 4) is 0 Å². The Kier molecular flexibility index (Phi) is 5.66. The van der Waals surface area contributed by atoms with Crippen molar-refractivity contribution in [2.24, 2.45) is 5.92 Å². The third-order valence-electron chi connectivity index (χ3n) is 4.96. The molecule has 122 valence electrons. The standard InChI is InChI=1S/C15H27NO4S/c1-3-16(12-8-5-4-6-9-12)21(18,19)14-11-7-10-13(14)15(17)20-2/h12-14H,3-11H2,1-2H3. The predicted octanol–water partition coefficient (Wildman–Crippen LogP) is 2.31. The van der Waals surface area contributed by atoms with Crippen molar-refractivity contribution < 1.29 is 17.9 Å². The lowest BCUT2D eigenvalue weighted by Crippen LogP contribution is -2.47. The molecule has 0 aromatic heterocycles. The summed E-state index contributed by atoms with van der Waals surface area (Å²) in [6, 6.07) is 0.118. The van der Waals surface area contributed by atoms with E-state index in [1.807, 2.05) is 6.92 Å². The fraction of sp³-hybridized carbons (Fsp3) is 0.933. The van der Waals surface area contributed by atoms with Gasteiger partial charge < -0.3 is 4.74 Å². The summed E-state index contributed by atoms with van der Waals surface area (Å²) < 4.78 is 32.5. The van der Waals surface area contributed by atoms with E-state index in [4.69, 9.17) is 4.74 Å². The van der Waals surface area contributed by atoms with Crippen LogP contribution >= 0.6 is 0 Å².